The largest absolute Gasteiger partial charge is 0.497 e. The van der Waals surface area contributed by atoms with Crippen LogP contribution in [0.15, 0.2) is 93.2 Å². The van der Waals surface area contributed by atoms with E-state index in [-0.39, 0.29) is 11.4 Å². The fourth-order valence-corrected chi connectivity index (χ4v) is 4.49. The molecule has 0 spiro atoms. The second kappa shape index (κ2) is 10.2. The van der Waals surface area contributed by atoms with Crippen molar-refractivity contribution in [2.75, 3.05) is 7.11 Å². The van der Waals surface area contributed by atoms with Gasteiger partial charge in [0.2, 0.25) is 5.13 Å². The summed E-state index contributed by atoms with van der Waals surface area (Å²) in [5, 5.41) is 25.2. The maximum absolute atomic E-state index is 13.4. The van der Waals surface area contributed by atoms with Crippen LogP contribution in [0.5, 0.6) is 5.75 Å². The second-order valence-corrected chi connectivity index (χ2v) is 8.98. The Kier molecular flexibility index (Phi) is 6.62. The lowest BCUT2D eigenvalue weighted by molar-refractivity contribution is -0.384. The fraction of sp³-hybridized carbons (Fsp3) is 0.0400. The van der Waals surface area contributed by atoms with Crippen LogP contribution in [0.2, 0.25) is 5.02 Å². The number of halogens is 1. The first-order valence-corrected chi connectivity index (χ1v) is 12.1. The van der Waals surface area contributed by atoms with Gasteiger partial charge in [0.1, 0.15) is 5.75 Å². The van der Waals surface area contributed by atoms with Gasteiger partial charge < -0.3 is 4.74 Å². The van der Waals surface area contributed by atoms with Crippen molar-refractivity contribution in [3.63, 3.8) is 0 Å². The van der Waals surface area contributed by atoms with Gasteiger partial charge in [0.25, 0.3) is 5.69 Å². The van der Waals surface area contributed by atoms with Gasteiger partial charge in [0.05, 0.1) is 29.1 Å². The van der Waals surface area contributed by atoms with Crippen molar-refractivity contribution in [2.45, 2.75) is 0 Å². The van der Waals surface area contributed by atoms with Gasteiger partial charge in [-0.05, 0) is 54.6 Å². The van der Waals surface area contributed by atoms with Crippen LogP contribution in [0.25, 0.3) is 27.6 Å². The number of methoxy groups -OCH3 is 1. The molecule has 37 heavy (non-hydrogen) atoms. The smallest absolute Gasteiger partial charge is 0.301 e. The van der Waals surface area contributed by atoms with Crippen molar-refractivity contribution in [2.24, 2.45) is 10.2 Å². The summed E-state index contributed by atoms with van der Waals surface area (Å²) in [6.07, 6.45) is 0. The Morgan fingerprint density at radius 1 is 1.05 bits per heavy atom. The van der Waals surface area contributed by atoms with Gasteiger partial charge in [-0.15, -0.1) is 16.5 Å². The summed E-state index contributed by atoms with van der Waals surface area (Å²) in [7, 11) is 1.59. The van der Waals surface area contributed by atoms with Gasteiger partial charge in [-0.3, -0.25) is 20.0 Å². The molecule has 184 valence electrons. The Labute approximate surface area is 218 Å². The number of nitro groups is 1. The molecular weight excluding hydrogens is 516 g/mol. The Bertz CT molecular complexity index is 1670. The highest BCUT2D eigenvalue weighted by molar-refractivity contribution is 7.12. The predicted molar refractivity (Wildman–Crippen MR) is 142 cm³/mol. The first-order valence-electron chi connectivity index (χ1n) is 10.8. The van der Waals surface area contributed by atoms with Crippen molar-refractivity contribution in [1.29, 1.82) is 0 Å². The van der Waals surface area contributed by atoms with Gasteiger partial charge in [0, 0.05) is 33.7 Å². The van der Waals surface area contributed by atoms with E-state index in [9.17, 15) is 14.9 Å². The zero-order valence-corrected chi connectivity index (χ0v) is 20.7. The van der Waals surface area contributed by atoms with E-state index in [1.54, 1.807) is 31.4 Å². The summed E-state index contributed by atoms with van der Waals surface area (Å²) in [6, 6.07) is 19.9. The maximum atomic E-state index is 13.4. The summed E-state index contributed by atoms with van der Waals surface area (Å²) in [5.41, 5.74) is 2.34. The third-order valence-electron chi connectivity index (χ3n) is 5.38. The molecule has 3 aromatic carbocycles. The number of azo groups is 1. The number of thiazole rings is 1. The Hall–Kier alpha value is -4.61. The van der Waals surface area contributed by atoms with Crippen LogP contribution in [0, 0.1) is 10.1 Å². The molecule has 0 aliphatic heterocycles. The van der Waals surface area contributed by atoms with Crippen molar-refractivity contribution >= 4 is 40.0 Å². The van der Waals surface area contributed by atoms with Crippen LogP contribution < -0.4 is 10.3 Å². The van der Waals surface area contributed by atoms with Crippen LogP contribution >= 0.6 is 22.9 Å². The minimum atomic E-state index is -0.492. The number of H-pyrrole nitrogens is 1. The maximum Gasteiger partial charge on any atom is 0.301 e. The van der Waals surface area contributed by atoms with E-state index in [4.69, 9.17) is 16.3 Å². The highest BCUT2D eigenvalue weighted by Crippen LogP contribution is 2.31. The molecule has 0 fully saturated rings. The van der Waals surface area contributed by atoms with Gasteiger partial charge >= 0.3 is 5.56 Å². The first-order chi connectivity index (χ1) is 17.9. The molecule has 0 aliphatic rings. The first kappa shape index (κ1) is 24.1. The topological polar surface area (TPSA) is 128 Å². The van der Waals surface area contributed by atoms with Gasteiger partial charge in [-0.2, -0.15) is 9.80 Å². The molecule has 0 unspecified atom stereocenters. The zero-order chi connectivity index (χ0) is 25.9. The van der Waals surface area contributed by atoms with Crippen LogP contribution in [-0.2, 0) is 0 Å². The SMILES string of the molecule is COc1ccc(-c2csc(-n3[nH]c(-c4ccc([N+](=O)[O-])cc4)c(N=Nc4cccc(Cl)c4)c3=O)n2)cc1. The quantitative estimate of drug-likeness (QED) is 0.138. The molecule has 5 aromatic rings. The van der Waals surface area contributed by atoms with Gasteiger partial charge in [-0.25, -0.2) is 4.98 Å². The summed E-state index contributed by atoms with van der Waals surface area (Å²) < 4.78 is 6.48. The molecule has 0 aliphatic carbocycles. The average Bonchev–Trinajstić information content (AvgIpc) is 3.52. The van der Waals surface area contributed by atoms with E-state index >= 15 is 0 Å². The molecule has 12 heteroatoms. The molecule has 0 saturated heterocycles. The third-order valence-corrected chi connectivity index (χ3v) is 6.44. The zero-order valence-electron chi connectivity index (χ0n) is 19.2. The van der Waals surface area contributed by atoms with Crippen molar-refractivity contribution in [3.05, 3.63) is 104 Å². The minimum Gasteiger partial charge on any atom is -0.497 e. The van der Waals surface area contributed by atoms with E-state index in [1.807, 2.05) is 29.6 Å². The monoisotopic (exact) mass is 532 g/mol. The lowest BCUT2D eigenvalue weighted by atomic mass is 10.1. The molecule has 2 aromatic heterocycles. The van der Waals surface area contributed by atoms with Crippen molar-refractivity contribution in [1.82, 2.24) is 14.8 Å². The number of aromatic amines is 1. The van der Waals surface area contributed by atoms with Gasteiger partial charge in [0.15, 0.2) is 5.69 Å². The molecule has 0 amide bonds. The van der Waals surface area contributed by atoms with E-state index < -0.39 is 10.5 Å². The average molecular weight is 533 g/mol. The number of aromatic nitrogens is 3. The van der Waals surface area contributed by atoms with Crippen LogP contribution in [-0.4, -0.2) is 26.8 Å². The van der Waals surface area contributed by atoms with Crippen molar-refractivity contribution < 1.29 is 9.66 Å². The van der Waals surface area contributed by atoms with Crippen LogP contribution in [0.3, 0.4) is 0 Å². The molecule has 0 radical (unpaired) electrons. The molecule has 5 rings (SSSR count). The number of ether oxygens (including phenoxy) is 1. The predicted octanol–water partition coefficient (Wildman–Crippen LogP) is 6.94. The molecule has 0 saturated carbocycles. The van der Waals surface area contributed by atoms with Crippen molar-refractivity contribution in [3.8, 4) is 33.4 Å². The molecular formula is C25H17ClN6O4S. The van der Waals surface area contributed by atoms with E-state index in [0.29, 0.717) is 32.8 Å². The summed E-state index contributed by atoms with van der Waals surface area (Å²) in [5.74, 6) is 0.724. The number of nitro benzene ring substituents is 1. The number of rotatable bonds is 7. The highest BCUT2D eigenvalue weighted by atomic mass is 35.5. The molecule has 1 N–H and O–H groups in total. The number of non-ortho nitro benzene ring substituents is 1. The fourth-order valence-electron chi connectivity index (χ4n) is 3.51. The minimum absolute atomic E-state index is 0.0232. The normalized spacial score (nSPS) is 11.2. The highest BCUT2D eigenvalue weighted by Gasteiger charge is 2.20. The molecule has 0 bridgehead atoms. The van der Waals surface area contributed by atoms with E-state index in [2.05, 4.69) is 20.3 Å². The standard InChI is InChI=1S/C25H17ClN6O4S/c1-36-20-11-7-15(8-12-20)21-14-37-25(27-21)31-24(33)23(29-28-18-4-2-3-17(26)13-18)22(30-31)16-5-9-19(10-6-16)32(34)35/h2-14,30H,1H3. The van der Waals surface area contributed by atoms with Crippen LogP contribution in [0.1, 0.15) is 0 Å². The Morgan fingerprint density at radius 2 is 1.78 bits per heavy atom. The summed E-state index contributed by atoms with van der Waals surface area (Å²) in [6.45, 7) is 0. The lowest BCUT2D eigenvalue weighted by Gasteiger charge is -2.01. The van der Waals surface area contributed by atoms with Crippen LogP contribution in [0.4, 0.5) is 17.1 Å². The molecule has 2 heterocycles. The molecule has 0 atom stereocenters. The van der Waals surface area contributed by atoms with Gasteiger partial charge in [-0.1, -0.05) is 17.7 Å². The van der Waals surface area contributed by atoms with E-state index in [0.717, 1.165) is 11.3 Å². The second-order valence-electron chi connectivity index (χ2n) is 7.70. The number of benzene rings is 3. The number of hydrogen-bond acceptors (Lipinski definition) is 8. The summed E-state index contributed by atoms with van der Waals surface area (Å²) >= 11 is 7.31. The number of nitrogens with zero attached hydrogens (tertiary/aromatic N) is 5. The lowest BCUT2D eigenvalue weighted by Crippen LogP contribution is -2.13. The third kappa shape index (κ3) is 5.03. The number of hydrogen-bond donors (Lipinski definition) is 1. The molecule has 10 nitrogen and oxygen atoms in total. The Morgan fingerprint density at radius 3 is 2.46 bits per heavy atom. The number of nitrogens with one attached hydrogen (secondary N) is 1. The summed E-state index contributed by atoms with van der Waals surface area (Å²) in [4.78, 5) is 28.7. The van der Waals surface area contributed by atoms with E-state index in [1.165, 1.54) is 40.3 Å². The Balaban J connectivity index is 1.58.